The van der Waals surface area contributed by atoms with E-state index in [4.69, 9.17) is 5.84 Å². The highest BCUT2D eigenvalue weighted by Gasteiger charge is 2.18. The van der Waals surface area contributed by atoms with Crippen molar-refractivity contribution in [1.82, 2.24) is 25.4 Å². The predicted molar refractivity (Wildman–Crippen MR) is 74.8 cm³/mol. The van der Waals surface area contributed by atoms with Crippen molar-refractivity contribution < 1.29 is 0 Å². The zero-order valence-electron chi connectivity index (χ0n) is 10.7. The molecule has 3 aromatic rings. The van der Waals surface area contributed by atoms with Crippen LogP contribution in [0.2, 0.25) is 0 Å². The predicted octanol–water partition coefficient (Wildman–Crippen LogP) is 1.21. The van der Waals surface area contributed by atoms with E-state index in [0.29, 0.717) is 0 Å². The second kappa shape index (κ2) is 5.60. The fourth-order valence-corrected chi connectivity index (χ4v) is 2.11. The molecule has 0 spiro atoms. The number of nitrogens with two attached hydrogens (primary N) is 1. The molecule has 3 N–H and O–H groups in total. The fraction of sp³-hybridized carbons (Fsp3) is 0.0714. The van der Waals surface area contributed by atoms with Crippen LogP contribution in [0.25, 0.3) is 5.69 Å². The fourth-order valence-electron chi connectivity index (χ4n) is 2.11. The minimum Gasteiger partial charge on any atom is -0.271 e. The molecule has 3 rings (SSSR count). The van der Waals surface area contributed by atoms with Gasteiger partial charge in [0.05, 0.1) is 23.6 Å². The van der Waals surface area contributed by atoms with Crippen molar-refractivity contribution in [2.45, 2.75) is 6.04 Å². The van der Waals surface area contributed by atoms with Crippen LogP contribution in [0, 0.1) is 0 Å². The highest BCUT2D eigenvalue weighted by Crippen LogP contribution is 2.21. The van der Waals surface area contributed by atoms with Gasteiger partial charge < -0.3 is 0 Å². The number of para-hydroxylation sites is 1. The standard InChI is InChI=1S/C14H14N6/c15-18-14(11-5-4-8-16-9-11)13-10-17-19-20(13)12-6-2-1-3-7-12/h1-10,14,18H,15H2. The largest absolute Gasteiger partial charge is 0.271 e. The van der Waals surface area contributed by atoms with E-state index in [0.717, 1.165) is 16.9 Å². The maximum atomic E-state index is 5.70. The number of nitrogens with one attached hydrogen (secondary N) is 1. The lowest BCUT2D eigenvalue weighted by molar-refractivity contribution is 0.594. The first kappa shape index (κ1) is 12.5. The molecule has 1 atom stereocenters. The lowest BCUT2D eigenvalue weighted by Crippen LogP contribution is -2.30. The molecule has 1 aromatic carbocycles. The quantitative estimate of drug-likeness (QED) is 0.548. The Morgan fingerprint density at radius 3 is 2.60 bits per heavy atom. The van der Waals surface area contributed by atoms with E-state index in [2.05, 4.69) is 20.7 Å². The summed E-state index contributed by atoms with van der Waals surface area (Å²) in [6, 6.07) is 13.4. The van der Waals surface area contributed by atoms with Gasteiger partial charge in [-0.3, -0.25) is 10.8 Å². The first-order valence-corrected chi connectivity index (χ1v) is 6.22. The molecule has 0 bridgehead atoms. The Morgan fingerprint density at radius 1 is 1.05 bits per heavy atom. The SMILES string of the molecule is NNC(c1cccnc1)c1cnnn1-c1ccccc1. The maximum Gasteiger partial charge on any atom is 0.0914 e. The number of rotatable bonds is 4. The minimum absolute atomic E-state index is 0.223. The lowest BCUT2D eigenvalue weighted by atomic mass is 10.1. The third-order valence-electron chi connectivity index (χ3n) is 3.06. The van der Waals surface area contributed by atoms with Gasteiger partial charge in [0.15, 0.2) is 0 Å². The number of hydrazine groups is 1. The van der Waals surface area contributed by atoms with Gasteiger partial charge >= 0.3 is 0 Å². The molecule has 1 unspecified atom stereocenters. The first-order chi connectivity index (χ1) is 9.90. The Kier molecular flexibility index (Phi) is 3.49. The molecule has 20 heavy (non-hydrogen) atoms. The van der Waals surface area contributed by atoms with E-state index >= 15 is 0 Å². The molecular formula is C14H14N6. The van der Waals surface area contributed by atoms with Gasteiger partial charge in [-0.2, -0.15) is 0 Å². The van der Waals surface area contributed by atoms with Crippen LogP contribution in [-0.2, 0) is 0 Å². The van der Waals surface area contributed by atoms with Gasteiger partial charge in [0.1, 0.15) is 0 Å². The summed E-state index contributed by atoms with van der Waals surface area (Å²) in [5.74, 6) is 5.70. The number of benzene rings is 1. The summed E-state index contributed by atoms with van der Waals surface area (Å²) in [6.07, 6.45) is 5.20. The highest BCUT2D eigenvalue weighted by molar-refractivity contribution is 5.34. The average Bonchev–Trinajstić information content (AvgIpc) is 2.99. The van der Waals surface area contributed by atoms with Gasteiger partial charge in [-0.05, 0) is 23.8 Å². The molecular weight excluding hydrogens is 252 g/mol. The zero-order chi connectivity index (χ0) is 13.8. The van der Waals surface area contributed by atoms with Crippen molar-refractivity contribution >= 4 is 0 Å². The van der Waals surface area contributed by atoms with Gasteiger partial charge in [-0.25, -0.2) is 10.1 Å². The number of aromatic nitrogens is 4. The van der Waals surface area contributed by atoms with E-state index in [9.17, 15) is 0 Å². The molecule has 0 radical (unpaired) electrons. The second-order valence-electron chi connectivity index (χ2n) is 4.29. The molecule has 0 saturated heterocycles. The Labute approximate surface area is 116 Å². The van der Waals surface area contributed by atoms with Gasteiger partial charge in [0.2, 0.25) is 0 Å². The highest BCUT2D eigenvalue weighted by atomic mass is 15.4. The molecule has 6 heteroatoms. The van der Waals surface area contributed by atoms with Gasteiger partial charge in [0.25, 0.3) is 0 Å². The van der Waals surface area contributed by atoms with Crippen molar-refractivity contribution in [3.05, 3.63) is 72.3 Å². The zero-order valence-corrected chi connectivity index (χ0v) is 10.7. The smallest absolute Gasteiger partial charge is 0.0914 e. The van der Waals surface area contributed by atoms with Crippen LogP contribution >= 0.6 is 0 Å². The topological polar surface area (TPSA) is 81.7 Å². The summed E-state index contributed by atoms with van der Waals surface area (Å²) >= 11 is 0. The number of hydrogen-bond acceptors (Lipinski definition) is 5. The second-order valence-corrected chi connectivity index (χ2v) is 4.29. The van der Waals surface area contributed by atoms with Crippen LogP contribution < -0.4 is 11.3 Å². The van der Waals surface area contributed by atoms with Crippen LogP contribution in [0.4, 0.5) is 0 Å². The molecule has 2 heterocycles. The molecule has 0 aliphatic carbocycles. The van der Waals surface area contributed by atoms with Gasteiger partial charge in [0, 0.05) is 12.4 Å². The molecule has 2 aromatic heterocycles. The molecule has 6 nitrogen and oxygen atoms in total. The van der Waals surface area contributed by atoms with E-state index < -0.39 is 0 Å². The third-order valence-corrected chi connectivity index (χ3v) is 3.06. The van der Waals surface area contributed by atoms with Crippen molar-refractivity contribution in [3.8, 4) is 5.69 Å². The summed E-state index contributed by atoms with van der Waals surface area (Å²) in [5.41, 5.74) is 5.53. The number of pyridine rings is 1. The normalized spacial score (nSPS) is 12.2. The number of hydrogen-bond donors (Lipinski definition) is 2. The monoisotopic (exact) mass is 266 g/mol. The Bertz CT molecular complexity index is 664. The van der Waals surface area contributed by atoms with Crippen LogP contribution in [0.3, 0.4) is 0 Å². The summed E-state index contributed by atoms with van der Waals surface area (Å²) in [7, 11) is 0. The molecule has 0 saturated carbocycles. The van der Waals surface area contributed by atoms with Gasteiger partial charge in [-0.1, -0.05) is 29.5 Å². The van der Waals surface area contributed by atoms with Gasteiger partial charge in [-0.15, -0.1) is 5.10 Å². The molecule has 0 aliphatic heterocycles. The average molecular weight is 266 g/mol. The van der Waals surface area contributed by atoms with Crippen molar-refractivity contribution in [3.63, 3.8) is 0 Å². The van der Waals surface area contributed by atoms with Crippen LogP contribution in [0.5, 0.6) is 0 Å². The van der Waals surface area contributed by atoms with Crippen LogP contribution in [0.15, 0.2) is 61.1 Å². The molecule has 0 amide bonds. The van der Waals surface area contributed by atoms with E-state index in [1.165, 1.54) is 0 Å². The van der Waals surface area contributed by atoms with E-state index in [1.54, 1.807) is 23.3 Å². The van der Waals surface area contributed by atoms with E-state index in [1.807, 2.05) is 42.5 Å². The van der Waals surface area contributed by atoms with Crippen LogP contribution in [0.1, 0.15) is 17.3 Å². The van der Waals surface area contributed by atoms with E-state index in [-0.39, 0.29) is 6.04 Å². The van der Waals surface area contributed by atoms with Crippen molar-refractivity contribution in [2.24, 2.45) is 5.84 Å². The molecule has 100 valence electrons. The Morgan fingerprint density at radius 2 is 1.90 bits per heavy atom. The summed E-state index contributed by atoms with van der Waals surface area (Å²) in [5, 5.41) is 8.12. The van der Waals surface area contributed by atoms with Crippen molar-refractivity contribution in [2.75, 3.05) is 0 Å². The lowest BCUT2D eigenvalue weighted by Gasteiger charge is -2.16. The Balaban J connectivity index is 2.04. The Hall–Kier alpha value is -2.57. The maximum absolute atomic E-state index is 5.70. The molecule has 0 fully saturated rings. The molecule has 0 aliphatic rings. The number of nitrogens with zero attached hydrogens (tertiary/aromatic N) is 4. The third kappa shape index (κ3) is 2.29. The van der Waals surface area contributed by atoms with Crippen molar-refractivity contribution in [1.29, 1.82) is 0 Å². The summed E-state index contributed by atoms with van der Waals surface area (Å²) in [4.78, 5) is 4.12. The minimum atomic E-state index is -0.223. The first-order valence-electron chi connectivity index (χ1n) is 6.22. The van der Waals surface area contributed by atoms with Crippen LogP contribution in [-0.4, -0.2) is 20.0 Å². The summed E-state index contributed by atoms with van der Waals surface area (Å²) in [6.45, 7) is 0. The summed E-state index contributed by atoms with van der Waals surface area (Å²) < 4.78 is 1.76.